The Morgan fingerprint density at radius 1 is 1.58 bits per heavy atom. The van der Waals surface area contributed by atoms with E-state index in [9.17, 15) is 4.79 Å². The molecule has 1 heterocycles. The molecule has 2 unspecified atom stereocenters. The summed E-state index contributed by atoms with van der Waals surface area (Å²) in [5.74, 6) is -0.690. The van der Waals surface area contributed by atoms with Crippen LogP contribution in [0, 0.1) is 5.41 Å². The largest absolute Gasteiger partial charge is 0.481 e. The van der Waals surface area contributed by atoms with Crippen molar-refractivity contribution < 1.29 is 9.90 Å². The fourth-order valence-electron chi connectivity index (χ4n) is 2.34. The van der Waals surface area contributed by atoms with Crippen molar-refractivity contribution in [3.05, 3.63) is 0 Å². The summed E-state index contributed by atoms with van der Waals surface area (Å²) in [6.45, 7) is 0.552. The van der Waals surface area contributed by atoms with Gasteiger partial charge in [0.25, 0.3) is 0 Å². The van der Waals surface area contributed by atoms with Crippen LogP contribution in [0.25, 0.3) is 0 Å². The van der Waals surface area contributed by atoms with Gasteiger partial charge in [-0.05, 0) is 36.1 Å². The smallest absolute Gasteiger partial charge is 0.303 e. The fourth-order valence-corrected chi connectivity index (χ4v) is 4.12. The van der Waals surface area contributed by atoms with Gasteiger partial charge in [0.1, 0.15) is 0 Å². The lowest BCUT2D eigenvalue weighted by atomic mass is 9.83. The molecular weight excluding hydrogens is 173 g/mol. The summed E-state index contributed by atoms with van der Waals surface area (Å²) in [5.41, 5.74) is 7.29. The highest BCUT2D eigenvalue weighted by Crippen LogP contribution is 2.65. The number of fused-ring (bicyclic) bond motifs is 1. The van der Waals surface area contributed by atoms with Crippen LogP contribution in [-0.2, 0) is 4.79 Å². The molecule has 4 atom stereocenters. The Hall–Kier alpha value is -0.140. The Morgan fingerprint density at radius 3 is 2.58 bits per heavy atom. The van der Waals surface area contributed by atoms with Gasteiger partial charge in [-0.2, -0.15) is 0 Å². The summed E-state index contributed by atoms with van der Waals surface area (Å²) in [6, 6.07) is 0. The maximum absolute atomic E-state index is 10.6. The van der Waals surface area contributed by atoms with E-state index in [2.05, 4.69) is 0 Å². The number of carboxylic acids is 1. The molecule has 1 aliphatic carbocycles. The molecule has 0 aromatic carbocycles. The van der Waals surface area contributed by atoms with Crippen molar-refractivity contribution in [1.29, 1.82) is 0 Å². The molecule has 68 valence electrons. The van der Waals surface area contributed by atoms with Gasteiger partial charge >= 0.3 is 5.97 Å². The topological polar surface area (TPSA) is 63.3 Å². The molecule has 12 heavy (non-hydrogen) atoms. The zero-order chi connectivity index (χ0) is 8.77. The number of carbonyl (C=O) groups is 1. The van der Waals surface area contributed by atoms with Gasteiger partial charge in [0.05, 0.1) is 6.42 Å². The molecule has 2 aliphatic rings. The van der Waals surface area contributed by atoms with Crippen molar-refractivity contribution in [2.24, 2.45) is 11.1 Å². The van der Waals surface area contributed by atoms with Gasteiger partial charge in [-0.15, -0.1) is 8.58 Å². The van der Waals surface area contributed by atoms with Gasteiger partial charge in [-0.1, -0.05) is 0 Å². The van der Waals surface area contributed by atoms with Gasteiger partial charge in [-0.3, -0.25) is 4.79 Å². The zero-order valence-electron chi connectivity index (χ0n) is 6.92. The molecule has 3 N–H and O–H groups in total. The number of hydrogen-bond donors (Lipinski definition) is 2. The monoisotopic (exact) mass is 187 g/mol. The molecule has 2 rings (SSSR count). The lowest BCUT2D eigenvalue weighted by Crippen LogP contribution is -2.31. The number of hydrogen-bond acceptors (Lipinski definition) is 2. The van der Waals surface area contributed by atoms with E-state index in [4.69, 9.17) is 10.8 Å². The molecular formula is C8H14NO2P. The van der Waals surface area contributed by atoms with Crippen LogP contribution in [-0.4, -0.2) is 28.9 Å². The van der Waals surface area contributed by atoms with E-state index in [1.54, 1.807) is 0 Å². The standard InChI is InChI=1S/C8H14NO2P/c9-4-8(3-7(10)11)1-5-6(2-8)12-5/h5-6,12H,1-4,9H2,(H,10,11)/t5-,6+,8?. The summed E-state index contributed by atoms with van der Waals surface area (Å²) in [7, 11) is 1.10. The van der Waals surface area contributed by atoms with E-state index < -0.39 is 5.97 Å². The second-order valence-electron chi connectivity index (χ2n) is 4.06. The second kappa shape index (κ2) is 2.68. The Kier molecular flexibility index (Phi) is 1.89. The molecule has 1 saturated carbocycles. The fraction of sp³-hybridized carbons (Fsp3) is 0.875. The van der Waals surface area contributed by atoms with E-state index in [0.29, 0.717) is 6.54 Å². The third-order valence-corrected chi connectivity index (χ3v) is 4.75. The summed E-state index contributed by atoms with van der Waals surface area (Å²) in [6.07, 6.45) is 2.42. The van der Waals surface area contributed by atoms with Crippen LogP contribution in [0.5, 0.6) is 0 Å². The van der Waals surface area contributed by atoms with Gasteiger partial charge in [0.15, 0.2) is 0 Å². The summed E-state index contributed by atoms with van der Waals surface area (Å²) in [5, 5.41) is 8.72. The van der Waals surface area contributed by atoms with Crippen molar-refractivity contribution in [2.75, 3.05) is 6.54 Å². The van der Waals surface area contributed by atoms with Gasteiger partial charge in [-0.25, -0.2) is 0 Å². The Labute approximate surface area is 73.5 Å². The Bertz CT molecular complexity index is 209. The van der Waals surface area contributed by atoms with Gasteiger partial charge < -0.3 is 10.8 Å². The molecule has 2 fully saturated rings. The Morgan fingerprint density at radius 2 is 2.17 bits per heavy atom. The molecule has 0 aromatic rings. The van der Waals surface area contributed by atoms with Crippen molar-refractivity contribution >= 4 is 14.6 Å². The minimum atomic E-state index is -0.690. The zero-order valence-corrected chi connectivity index (χ0v) is 7.92. The van der Waals surface area contributed by atoms with Crippen LogP contribution in [0.4, 0.5) is 0 Å². The Balaban J connectivity index is 2.00. The molecule has 0 bridgehead atoms. The molecule has 0 amide bonds. The SMILES string of the molecule is NCC1(CC(=O)O)C[C@@H]2P[C@@H]2C1. The molecule has 0 radical (unpaired) electrons. The van der Waals surface area contributed by atoms with Gasteiger partial charge in [0.2, 0.25) is 0 Å². The van der Waals surface area contributed by atoms with Crippen molar-refractivity contribution in [2.45, 2.75) is 30.6 Å². The van der Waals surface area contributed by atoms with E-state index >= 15 is 0 Å². The maximum Gasteiger partial charge on any atom is 0.303 e. The first-order chi connectivity index (χ1) is 5.65. The molecule has 1 aliphatic heterocycles. The minimum absolute atomic E-state index is 0.0353. The van der Waals surface area contributed by atoms with Gasteiger partial charge in [0, 0.05) is 0 Å². The van der Waals surface area contributed by atoms with E-state index in [-0.39, 0.29) is 11.8 Å². The first-order valence-electron chi connectivity index (χ1n) is 4.33. The van der Waals surface area contributed by atoms with Crippen LogP contribution < -0.4 is 5.73 Å². The number of rotatable bonds is 3. The molecule has 1 saturated heterocycles. The minimum Gasteiger partial charge on any atom is -0.481 e. The summed E-state index contributed by atoms with van der Waals surface area (Å²) >= 11 is 0. The highest BCUT2D eigenvalue weighted by Gasteiger charge is 2.53. The van der Waals surface area contributed by atoms with E-state index in [1.807, 2.05) is 0 Å². The predicted molar refractivity (Wildman–Crippen MR) is 48.9 cm³/mol. The van der Waals surface area contributed by atoms with Crippen LogP contribution >= 0.6 is 8.58 Å². The predicted octanol–water partition coefficient (Wildman–Crippen LogP) is 0.629. The quantitative estimate of drug-likeness (QED) is 0.637. The normalized spacial score (nSPS) is 46.1. The molecule has 0 aromatic heterocycles. The molecule has 4 heteroatoms. The third kappa shape index (κ3) is 1.36. The highest BCUT2D eigenvalue weighted by molar-refractivity contribution is 7.49. The highest BCUT2D eigenvalue weighted by atomic mass is 31.1. The number of carboxylic acid groups (broad SMARTS) is 1. The van der Waals surface area contributed by atoms with Crippen LogP contribution in [0.15, 0.2) is 0 Å². The average Bonchev–Trinajstić information content (AvgIpc) is 2.59. The van der Waals surface area contributed by atoms with Crippen LogP contribution in [0.1, 0.15) is 19.3 Å². The van der Waals surface area contributed by atoms with E-state index in [1.165, 1.54) is 0 Å². The third-order valence-electron chi connectivity index (χ3n) is 3.07. The summed E-state index contributed by atoms with van der Waals surface area (Å²) in [4.78, 5) is 10.6. The lowest BCUT2D eigenvalue weighted by molar-refractivity contribution is -0.139. The summed E-state index contributed by atoms with van der Waals surface area (Å²) < 4.78 is 0. The second-order valence-corrected chi connectivity index (χ2v) is 5.88. The van der Waals surface area contributed by atoms with Crippen molar-refractivity contribution in [3.8, 4) is 0 Å². The van der Waals surface area contributed by atoms with Crippen molar-refractivity contribution in [1.82, 2.24) is 0 Å². The van der Waals surface area contributed by atoms with Crippen LogP contribution in [0.3, 0.4) is 0 Å². The first kappa shape index (κ1) is 8.46. The van der Waals surface area contributed by atoms with Crippen molar-refractivity contribution in [3.63, 3.8) is 0 Å². The number of nitrogens with two attached hydrogens (primary N) is 1. The van der Waals surface area contributed by atoms with E-state index in [0.717, 1.165) is 32.7 Å². The van der Waals surface area contributed by atoms with Crippen LogP contribution in [0.2, 0.25) is 0 Å². The number of aliphatic carboxylic acids is 1. The lowest BCUT2D eigenvalue weighted by Gasteiger charge is -2.26. The maximum atomic E-state index is 10.6. The molecule has 0 spiro atoms. The average molecular weight is 187 g/mol. The first-order valence-corrected chi connectivity index (χ1v) is 5.49. The molecule has 3 nitrogen and oxygen atoms in total.